The van der Waals surface area contributed by atoms with Crippen molar-refractivity contribution in [1.82, 2.24) is 43.8 Å². The molecule has 7 N–H and O–H groups in total. The first kappa shape index (κ1) is 29.9. The zero-order valence-corrected chi connectivity index (χ0v) is 24.0. The number of phosphoric acid groups is 1. The number of alkyl halides is 2. The molecule has 0 spiro atoms. The Morgan fingerprint density at radius 1 is 0.978 bits per heavy atom. The van der Waals surface area contributed by atoms with Crippen LogP contribution in [0.5, 0.6) is 0 Å². The van der Waals surface area contributed by atoms with E-state index in [-0.39, 0.29) is 34.1 Å². The van der Waals surface area contributed by atoms with Crippen molar-refractivity contribution >= 4 is 52.2 Å². The Hall–Kier alpha value is -3.74. The van der Waals surface area contributed by atoms with Gasteiger partial charge in [-0.3, -0.25) is 28.0 Å². The molecule has 3 aliphatic heterocycles. The van der Waals surface area contributed by atoms with Gasteiger partial charge in [-0.1, -0.05) is 0 Å². The second-order valence-corrected chi connectivity index (χ2v) is 12.9. The molecule has 0 aliphatic carbocycles. The van der Waals surface area contributed by atoms with Crippen LogP contribution in [-0.2, 0) is 37.6 Å². The van der Waals surface area contributed by atoms with Gasteiger partial charge >= 0.3 is 18.1 Å². The highest BCUT2D eigenvalue weighted by atomic mass is 32.2. The first-order chi connectivity index (χ1) is 21.3. The number of imidazole rings is 2. The van der Waals surface area contributed by atoms with Crippen LogP contribution in [0.2, 0.25) is 0 Å². The van der Waals surface area contributed by atoms with Gasteiger partial charge in [0.2, 0.25) is 5.95 Å². The number of phosphoric ester groups is 1. The zero-order valence-electron chi connectivity index (χ0n) is 22.3. The van der Waals surface area contributed by atoms with Crippen LogP contribution in [0.1, 0.15) is 12.5 Å². The van der Waals surface area contributed by atoms with E-state index in [4.69, 9.17) is 34.2 Å². The van der Waals surface area contributed by atoms with Gasteiger partial charge in [-0.2, -0.15) is 18.1 Å². The van der Waals surface area contributed by atoms with Gasteiger partial charge in [-0.15, -0.1) is 0 Å². The summed E-state index contributed by atoms with van der Waals surface area (Å²) in [6.07, 6.45) is -11.6. The molecule has 9 atom stereocenters. The van der Waals surface area contributed by atoms with E-state index in [1.165, 1.54) is 0 Å². The minimum Gasteiger partial charge on any atom is -0.382 e. The summed E-state index contributed by atoms with van der Waals surface area (Å²) < 4.78 is 101. The number of aromatic amines is 1. The van der Waals surface area contributed by atoms with Gasteiger partial charge in [-0.25, -0.2) is 37.5 Å². The summed E-state index contributed by atoms with van der Waals surface area (Å²) in [6, 6.07) is 0. The number of aromatic nitrogens is 8. The van der Waals surface area contributed by atoms with Crippen LogP contribution in [0.15, 0.2) is 23.8 Å². The number of hydrogen-bond donors (Lipinski definition) is 5. The molecule has 0 saturated carbocycles. The lowest BCUT2D eigenvalue weighted by atomic mass is 10.1. The number of nitrogen functional groups attached to an aromatic ring is 2. The largest absolute Gasteiger partial charge is 0.472 e. The molecule has 4 aromatic heterocycles. The van der Waals surface area contributed by atoms with Crippen molar-refractivity contribution in [1.29, 1.82) is 0 Å². The van der Waals surface area contributed by atoms with E-state index in [2.05, 4.69) is 29.9 Å². The number of nitrogens with one attached hydrogen (secondary N) is 2. The van der Waals surface area contributed by atoms with Gasteiger partial charge in [0.05, 0.1) is 19.3 Å². The van der Waals surface area contributed by atoms with E-state index >= 15 is 8.78 Å². The van der Waals surface area contributed by atoms with E-state index < -0.39 is 86.1 Å². The molecule has 7 heterocycles. The molecule has 3 aliphatic rings. The molecule has 3 fully saturated rings. The average molecular weight is 678 g/mol. The summed E-state index contributed by atoms with van der Waals surface area (Å²) in [5.74, 6) is -0.330. The molecule has 0 bridgehead atoms. The number of anilines is 2. The number of rotatable bonds is 2. The van der Waals surface area contributed by atoms with Crippen molar-refractivity contribution in [2.45, 2.75) is 49.2 Å². The number of halogens is 2. The molecule has 0 radical (unpaired) electrons. The van der Waals surface area contributed by atoms with Gasteiger partial charge in [0.25, 0.3) is 5.56 Å². The Labute approximate surface area is 248 Å². The molecule has 3 saturated heterocycles. The number of nitrogens with two attached hydrogens (primary N) is 2. The summed E-state index contributed by atoms with van der Waals surface area (Å²) >= 11 is 0. The third-order valence-electron chi connectivity index (χ3n) is 7.28. The number of nitrogens with zero attached hydrogens (tertiary/aromatic N) is 7. The van der Waals surface area contributed by atoms with Gasteiger partial charge < -0.3 is 25.8 Å². The second-order valence-electron chi connectivity index (χ2n) is 10.1. The third kappa shape index (κ3) is 5.22. The van der Waals surface area contributed by atoms with Gasteiger partial charge in [0.1, 0.15) is 36.3 Å². The second kappa shape index (κ2) is 10.7. The molecule has 242 valence electrons. The fraction of sp³-hybridized carbons (Fsp3) is 0.500. The van der Waals surface area contributed by atoms with E-state index in [9.17, 15) is 22.7 Å². The molecule has 21 nitrogen and oxygen atoms in total. The predicted molar refractivity (Wildman–Crippen MR) is 142 cm³/mol. The Morgan fingerprint density at radius 2 is 1.64 bits per heavy atom. The summed E-state index contributed by atoms with van der Waals surface area (Å²) in [5.41, 5.74) is 10.4. The molecule has 0 amide bonds. The third-order valence-corrected chi connectivity index (χ3v) is 9.26. The standard InChI is InChI=1S/C20H22F2N11O10PS/c21-8-12-6(40-18(8)32-4-27-10-14(23)25-3-26-15(10)32)1-29-45(37,38)43-13-7(2-39-44(35,36)42-12)41-19(9(13)22)33-5-28-11-16(33)30-20(24)31-17(11)34/h3-9,12-13,18-19,29H,1-2H2,(H,35,36)(H2,23,25,26)(H3,24,30,31,34)/t6-,7-,8-,9-,12-,13-,18-,19-/m1/s1. The molecule has 45 heavy (non-hydrogen) atoms. The summed E-state index contributed by atoms with van der Waals surface area (Å²) in [6.45, 7) is -1.72. The highest BCUT2D eigenvalue weighted by Crippen LogP contribution is 2.50. The van der Waals surface area contributed by atoms with Crippen molar-refractivity contribution in [2.75, 3.05) is 24.6 Å². The van der Waals surface area contributed by atoms with Crippen molar-refractivity contribution in [3.05, 3.63) is 29.3 Å². The van der Waals surface area contributed by atoms with Crippen molar-refractivity contribution in [3.63, 3.8) is 0 Å². The SMILES string of the molecule is Nc1nc2c(ncn2[C@@H]2O[C@@H]3COP(=O)(O)O[C@H]4[C@@H](F)[C@H](n5cnc6c(N)ncnc65)O[C@@H]4CNS(=O)(=O)O[C@H]3[C@H]2F)c(=O)[nH]1. The van der Waals surface area contributed by atoms with Crippen LogP contribution >= 0.6 is 7.82 Å². The summed E-state index contributed by atoms with van der Waals surface area (Å²) in [5, 5.41) is 0. The minimum absolute atomic E-state index is 0.00971. The van der Waals surface area contributed by atoms with E-state index in [1.807, 2.05) is 4.72 Å². The van der Waals surface area contributed by atoms with Gasteiger partial charge in [0, 0.05) is 6.54 Å². The highest BCUT2D eigenvalue weighted by Gasteiger charge is 2.54. The van der Waals surface area contributed by atoms with Gasteiger partial charge in [-0.05, 0) is 0 Å². The molecule has 4 aromatic rings. The normalized spacial score (nSPS) is 35.5. The fourth-order valence-corrected chi connectivity index (χ4v) is 7.19. The maximum absolute atomic E-state index is 15.9. The molecular weight excluding hydrogens is 655 g/mol. The predicted octanol–water partition coefficient (Wildman–Crippen LogP) is -1.67. The first-order valence-corrected chi connectivity index (χ1v) is 15.8. The number of ether oxygens (including phenoxy) is 2. The summed E-state index contributed by atoms with van der Waals surface area (Å²) in [4.78, 5) is 44.5. The maximum atomic E-state index is 15.9. The monoisotopic (exact) mass is 677 g/mol. The lowest BCUT2D eigenvalue weighted by Crippen LogP contribution is -2.45. The zero-order chi connectivity index (χ0) is 31.8. The van der Waals surface area contributed by atoms with Crippen LogP contribution in [0.3, 0.4) is 0 Å². The lowest BCUT2D eigenvalue weighted by Gasteiger charge is -2.26. The quantitative estimate of drug-likeness (QED) is 0.148. The minimum atomic E-state index is -5.16. The molecule has 25 heteroatoms. The molecular formula is C20H22F2N11O10PS. The van der Waals surface area contributed by atoms with Crippen molar-refractivity contribution < 1.29 is 49.4 Å². The molecule has 7 rings (SSSR count). The Balaban J connectivity index is 1.17. The van der Waals surface area contributed by atoms with Crippen LogP contribution in [0.4, 0.5) is 20.5 Å². The maximum Gasteiger partial charge on any atom is 0.472 e. The van der Waals surface area contributed by atoms with Gasteiger partial charge in [0.15, 0.2) is 47.4 Å². The first-order valence-electron chi connectivity index (χ1n) is 12.9. The number of H-pyrrole nitrogens is 1. The van der Waals surface area contributed by atoms with Crippen molar-refractivity contribution in [3.8, 4) is 0 Å². The van der Waals surface area contributed by atoms with Crippen molar-refractivity contribution in [2.24, 2.45) is 0 Å². The topological polar surface area (TPSA) is 289 Å². The van der Waals surface area contributed by atoms with Crippen LogP contribution < -0.4 is 21.7 Å². The lowest BCUT2D eigenvalue weighted by molar-refractivity contribution is -0.0496. The fourth-order valence-electron chi connectivity index (χ4n) is 5.28. The average Bonchev–Trinajstić information content (AvgIpc) is 3.72. The van der Waals surface area contributed by atoms with Crippen LogP contribution in [0, 0.1) is 0 Å². The van der Waals surface area contributed by atoms with Crippen LogP contribution in [-0.4, -0.2) is 102 Å². The highest BCUT2D eigenvalue weighted by molar-refractivity contribution is 7.84. The number of hydrogen-bond acceptors (Lipinski definition) is 16. The number of fused-ring (bicyclic) bond motifs is 4. The van der Waals surface area contributed by atoms with Crippen LogP contribution in [0.25, 0.3) is 22.3 Å². The van der Waals surface area contributed by atoms with E-state index in [0.717, 1.165) is 28.1 Å². The van der Waals surface area contributed by atoms with E-state index in [0.29, 0.717) is 0 Å². The van der Waals surface area contributed by atoms with E-state index in [1.54, 1.807) is 0 Å². The Bertz CT molecular complexity index is 2010. The molecule has 0 aromatic carbocycles. The smallest absolute Gasteiger partial charge is 0.382 e. The Morgan fingerprint density at radius 3 is 2.40 bits per heavy atom. The molecule has 1 unspecified atom stereocenters. The Kier molecular flexibility index (Phi) is 7.10. The summed E-state index contributed by atoms with van der Waals surface area (Å²) in [7, 11) is -9.99.